The summed E-state index contributed by atoms with van der Waals surface area (Å²) in [5.74, 6) is 0.215. The number of oxime groups is 1. The summed E-state index contributed by atoms with van der Waals surface area (Å²) in [5.41, 5.74) is 8.94. The number of anilines is 1. The number of nitrogens with two attached hydrogens (primary N) is 1. The van der Waals surface area contributed by atoms with Crippen molar-refractivity contribution >= 4 is 11.5 Å². The first-order chi connectivity index (χ1) is 9.70. The van der Waals surface area contributed by atoms with Gasteiger partial charge in [0.1, 0.15) is 5.84 Å². The Labute approximate surface area is 118 Å². The van der Waals surface area contributed by atoms with Crippen molar-refractivity contribution in [2.45, 2.75) is 6.92 Å². The summed E-state index contributed by atoms with van der Waals surface area (Å²) in [5, 5.41) is 14.9. The van der Waals surface area contributed by atoms with E-state index in [1.807, 2.05) is 37.3 Å². The Hall–Kier alpha value is -2.49. The van der Waals surface area contributed by atoms with Crippen molar-refractivity contribution < 1.29 is 5.21 Å². The average Bonchev–Trinajstić information content (AvgIpc) is 2.53. The molecule has 0 aromatic heterocycles. The summed E-state index contributed by atoms with van der Waals surface area (Å²) in [7, 11) is 0. The standard InChI is InChI=1S/C16H19N3O/c1-12(16(17)19-20)11-18-15-9-7-14(8-10-15)13-5-3-2-4-6-13/h2-10,12,18,20H,11H2,1H3,(H2,17,19). The number of hydrogen-bond acceptors (Lipinski definition) is 3. The van der Waals surface area contributed by atoms with Crippen LogP contribution >= 0.6 is 0 Å². The highest BCUT2D eigenvalue weighted by Crippen LogP contribution is 2.21. The summed E-state index contributed by atoms with van der Waals surface area (Å²) in [6.07, 6.45) is 0. The van der Waals surface area contributed by atoms with Crippen molar-refractivity contribution in [3.05, 3.63) is 54.6 Å². The second kappa shape index (κ2) is 6.61. The van der Waals surface area contributed by atoms with Crippen molar-refractivity contribution in [2.24, 2.45) is 16.8 Å². The number of nitrogens with zero attached hydrogens (tertiary/aromatic N) is 1. The third-order valence-electron chi connectivity index (χ3n) is 3.22. The largest absolute Gasteiger partial charge is 0.409 e. The highest BCUT2D eigenvalue weighted by Gasteiger charge is 2.06. The zero-order chi connectivity index (χ0) is 14.4. The molecule has 2 aromatic rings. The van der Waals surface area contributed by atoms with E-state index in [9.17, 15) is 0 Å². The predicted molar refractivity (Wildman–Crippen MR) is 82.9 cm³/mol. The summed E-state index contributed by atoms with van der Waals surface area (Å²) in [6.45, 7) is 2.53. The molecule has 4 heteroatoms. The molecule has 0 amide bonds. The van der Waals surface area contributed by atoms with Gasteiger partial charge in [0, 0.05) is 18.2 Å². The molecule has 4 nitrogen and oxygen atoms in total. The van der Waals surface area contributed by atoms with Crippen LogP contribution in [0.4, 0.5) is 5.69 Å². The zero-order valence-electron chi connectivity index (χ0n) is 11.5. The fourth-order valence-corrected chi connectivity index (χ4v) is 1.89. The van der Waals surface area contributed by atoms with Gasteiger partial charge in [-0.3, -0.25) is 0 Å². The number of amidine groups is 1. The minimum absolute atomic E-state index is 0.0196. The number of hydrogen-bond donors (Lipinski definition) is 3. The molecule has 0 heterocycles. The number of nitrogens with one attached hydrogen (secondary N) is 1. The Kier molecular flexibility index (Phi) is 4.60. The Bertz CT molecular complexity index is 564. The highest BCUT2D eigenvalue weighted by molar-refractivity contribution is 5.82. The lowest BCUT2D eigenvalue weighted by Gasteiger charge is -2.12. The van der Waals surface area contributed by atoms with Gasteiger partial charge in [-0.1, -0.05) is 54.5 Å². The van der Waals surface area contributed by atoms with E-state index < -0.39 is 0 Å². The molecule has 0 saturated heterocycles. The Balaban J connectivity index is 1.99. The van der Waals surface area contributed by atoms with E-state index in [2.05, 4.69) is 34.7 Å². The van der Waals surface area contributed by atoms with E-state index in [1.165, 1.54) is 11.1 Å². The molecule has 0 radical (unpaired) electrons. The van der Waals surface area contributed by atoms with Crippen LogP contribution < -0.4 is 11.1 Å². The van der Waals surface area contributed by atoms with Gasteiger partial charge in [0.25, 0.3) is 0 Å². The van der Waals surface area contributed by atoms with Gasteiger partial charge in [-0.05, 0) is 23.3 Å². The Morgan fingerprint density at radius 1 is 1.10 bits per heavy atom. The molecule has 0 fully saturated rings. The van der Waals surface area contributed by atoms with Gasteiger partial charge >= 0.3 is 0 Å². The van der Waals surface area contributed by atoms with Gasteiger partial charge in [-0.15, -0.1) is 0 Å². The van der Waals surface area contributed by atoms with Crippen molar-refractivity contribution in [3.8, 4) is 11.1 Å². The molecule has 1 unspecified atom stereocenters. The van der Waals surface area contributed by atoms with Gasteiger partial charge < -0.3 is 16.3 Å². The van der Waals surface area contributed by atoms with Crippen LogP contribution in [0.2, 0.25) is 0 Å². The maximum absolute atomic E-state index is 8.60. The molecule has 0 aliphatic heterocycles. The molecule has 20 heavy (non-hydrogen) atoms. The SMILES string of the molecule is CC(CNc1ccc(-c2ccccc2)cc1)C(N)=NO. The van der Waals surface area contributed by atoms with Crippen LogP contribution in [0.15, 0.2) is 59.8 Å². The van der Waals surface area contributed by atoms with Crippen LogP contribution in [0.3, 0.4) is 0 Å². The maximum Gasteiger partial charge on any atom is 0.143 e. The fourth-order valence-electron chi connectivity index (χ4n) is 1.89. The monoisotopic (exact) mass is 269 g/mol. The molecular weight excluding hydrogens is 250 g/mol. The lowest BCUT2D eigenvalue weighted by molar-refractivity contribution is 0.315. The van der Waals surface area contributed by atoms with E-state index >= 15 is 0 Å². The molecule has 0 aliphatic carbocycles. The van der Waals surface area contributed by atoms with Crippen LogP contribution in [0, 0.1) is 5.92 Å². The summed E-state index contributed by atoms with van der Waals surface area (Å²) in [6, 6.07) is 18.4. The minimum Gasteiger partial charge on any atom is -0.409 e. The second-order valence-corrected chi connectivity index (χ2v) is 4.75. The van der Waals surface area contributed by atoms with Gasteiger partial charge in [0.15, 0.2) is 0 Å². The smallest absolute Gasteiger partial charge is 0.143 e. The summed E-state index contributed by atoms with van der Waals surface area (Å²) >= 11 is 0. The molecule has 0 saturated carbocycles. The fraction of sp³-hybridized carbons (Fsp3) is 0.188. The van der Waals surface area contributed by atoms with E-state index in [4.69, 9.17) is 10.9 Å². The van der Waals surface area contributed by atoms with Crippen LogP contribution in [-0.4, -0.2) is 17.6 Å². The number of rotatable bonds is 5. The van der Waals surface area contributed by atoms with Gasteiger partial charge in [0.2, 0.25) is 0 Å². The molecule has 1 atom stereocenters. The van der Waals surface area contributed by atoms with Crippen LogP contribution in [0.5, 0.6) is 0 Å². The van der Waals surface area contributed by atoms with Crippen LogP contribution in [0.25, 0.3) is 11.1 Å². The molecule has 4 N–H and O–H groups in total. The topological polar surface area (TPSA) is 70.6 Å². The molecule has 2 rings (SSSR count). The normalized spacial score (nSPS) is 12.9. The van der Waals surface area contributed by atoms with Crippen LogP contribution in [0.1, 0.15) is 6.92 Å². The van der Waals surface area contributed by atoms with E-state index in [0.29, 0.717) is 6.54 Å². The first-order valence-corrected chi connectivity index (χ1v) is 6.57. The van der Waals surface area contributed by atoms with Crippen molar-refractivity contribution in [1.82, 2.24) is 0 Å². The van der Waals surface area contributed by atoms with Gasteiger partial charge in [-0.25, -0.2) is 0 Å². The summed E-state index contributed by atoms with van der Waals surface area (Å²) < 4.78 is 0. The Morgan fingerprint density at radius 2 is 1.70 bits per heavy atom. The molecule has 2 aromatic carbocycles. The van der Waals surface area contributed by atoms with Crippen molar-refractivity contribution in [1.29, 1.82) is 0 Å². The Morgan fingerprint density at radius 3 is 2.30 bits per heavy atom. The predicted octanol–water partition coefficient (Wildman–Crippen LogP) is 3.15. The second-order valence-electron chi connectivity index (χ2n) is 4.75. The molecular formula is C16H19N3O. The quantitative estimate of drug-likeness (QED) is 0.338. The first-order valence-electron chi connectivity index (χ1n) is 6.57. The van der Waals surface area contributed by atoms with E-state index in [-0.39, 0.29) is 11.8 Å². The minimum atomic E-state index is -0.0196. The molecule has 104 valence electrons. The van der Waals surface area contributed by atoms with E-state index in [1.54, 1.807) is 0 Å². The maximum atomic E-state index is 8.60. The summed E-state index contributed by atoms with van der Waals surface area (Å²) in [4.78, 5) is 0. The zero-order valence-corrected chi connectivity index (χ0v) is 11.5. The third-order valence-corrected chi connectivity index (χ3v) is 3.22. The lowest BCUT2D eigenvalue weighted by Crippen LogP contribution is -2.27. The number of benzene rings is 2. The molecule has 0 spiro atoms. The van der Waals surface area contributed by atoms with Crippen molar-refractivity contribution in [2.75, 3.05) is 11.9 Å². The third kappa shape index (κ3) is 3.51. The van der Waals surface area contributed by atoms with E-state index in [0.717, 1.165) is 5.69 Å². The average molecular weight is 269 g/mol. The molecule has 0 bridgehead atoms. The highest BCUT2D eigenvalue weighted by atomic mass is 16.4. The molecule has 0 aliphatic rings. The first kappa shape index (κ1) is 13.9. The van der Waals surface area contributed by atoms with Crippen LogP contribution in [-0.2, 0) is 0 Å². The van der Waals surface area contributed by atoms with Crippen molar-refractivity contribution in [3.63, 3.8) is 0 Å². The van der Waals surface area contributed by atoms with Gasteiger partial charge in [0.05, 0.1) is 0 Å². The van der Waals surface area contributed by atoms with Gasteiger partial charge in [-0.2, -0.15) is 0 Å². The lowest BCUT2D eigenvalue weighted by atomic mass is 10.1.